The fourth-order valence-electron chi connectivity index (χ4n) is 3.76. The molecule has 1 saturated heterocycles. The van der Waals surface area contributed by atoms with Crippen LogP contribution in [0.25, 0.3) is 11.4 Å². The number of amides is 1. The highest BCUT2D eigenvalue weighted by atomic mass is 16.5. The van der Waals surface area contributed by atoms with Gasteiger partial charge >= 0.3 is 0 Å². The highest BCUT2D eigenvalue weighted by Gasteiger charge is 2.54. The smallest absolute Gasteiger partial charge is 0.254 e. The van der Waals surface area contributed by atoms with Crippen LogP contribution in [0, 0.1) is 11.8 Å². The molecule has 1 saturated carbocycles. The van der Waals surface area contributed by atoms with Crippen molar-refractivity contribution in [3.8, 4) is 11.4 Å². The van der Waals surface area contributed by atoms with E-state index < -0.39 is 0 Å². The number of nitrogens with one attached hydrogen (secondary N) is 1. The lowest BCUT2D eigenvalue weighted by molar-refractivity contribution is -0.0809. The number of pyridine rings is 1. The van der Waals surface area contributed by atoms with Crippen molar-refractivity contribution in [1.29, 1.82) is 0 Å². The maximum atomic E-state index is 12.6. The predicted octanol–water partition coefficient (Wildman–Crippen LogP) is 1.32. The Labute approximate surface area is 145 Å². The molecule has 0 unspecified atom stereocenters. The molecule has 0 spiro atoms. The summed E-state index contributed by atoms with van der Waals surface area (Å²) in [5.41, 5.74) is 1.32. The number of fused-ring (bicyclic) bond motifs is 1. The van der Waals surface area contributed by atoms with Crippen LogP contribution in [0.1, 0.15) is 16.8 Å². The number of carbonyl (C=O) groups is 1. The molecule has 4 rings (SSSR count). The van der Waals surface area contributed by atoms with Crippen molar-refractivity contribution < 1.29 is 14.3 Å². The lowest BCUT2D eigenvalue weighted by Gasteiger charge is -2.47. The lowest BCUT2D eigenvalue weighted by Crippen LogP contribution is -2.62. The molecular formula is C18H20N4O3. The van der Waals surface area contributed by atoms with Crippen LogP contribution in [-0.2, 0) is 9.47 Å². The number of nitrogens with zero attached hydrogens (tertiary/aromatic N) is 3. The maximum absolute atomic E-state index is 12.6. The zero-order chi connectivity index (χ0) is 17.2. The Bertz CT molecular complexity index is 738. The molecule has 0 bridgehead atoms. The minimum atomic E-state index is -0.155. The van der Waals surface area contributed by atoms with Crippen LogP contribution in [0.3, 0.4) is 0 Å². The first-order valence-electron chi connectivity index (χ1n) is 8.42. The van der Waals surface area contributed by atoms with Gasteiger partial charge in [0.2, 0.25) is 0 Å². The Morgan fingerprint density at radius 1 is 1.32 bits per heavy atom. The Hall–Kier alpha value is -2.38. The van der Waals surface area contributed by atoms with E-state index in [0.717, 1.165) is 18.6 Å². The van der Waals surface area contributed by atoms with E-state index in [1.165, 1.54) is 0 Å². The predicted molar refractivity (Wildman–Crippen MR) is 89.7 cm³/mol. The summed E-state index contributed by atoms with van der Waals surface area (Å²) in [6.45, 7) is 1.34. The average Bonchev–Trinajstić information content (AvgIpc) is 3.09. The number of methoxy groups -OCH3 is 1. The highest BCUT2D eigenvalue weighted by molar-refractivity contribution is 5.94. The van der Waals surface area contributed by atoms with Gasteiger partial charge in [-0.25, -0.2) is 9.97 Å². The molecule has 1 N–H and O–H groups in total. The van der Waals surface area contributed by atoms with Crippen molar-refractivity contribution in [2.45, 2.75) is 18.6 Å². The quantitative estimate of drug-likeness (QED) is 0.883. The first-order chi connectivity index (χ1) is 12.3. The Morgan fingerprint density at radius 3 is 2.80 bits per heavy atom. The second-order valence-electron chi connectivity index (χ2n) is 6.44. The van der Waals surface area contributed by atoms with Gasteiger partial charge in [-0.15, -0.1) is 0 Å². The van der Waals surface area contributed by atoms with Gasteiger partial charge in [0.1, 0.15) is 0 Å². The van der Waals surface area contributed by atoms with Crippen molar-refractivity contribution in [1.82, 2.24) is 20.3 Å². The number of rotatable bonds is 5. The summed E-state index contributed by atoms with van der Waals surface area (Å²) in [5, 5.41) is 3.11. The fourth-order valence-corrected chi connectivity index (χ4v) is 3.76. The summed E-state index contributed by atoms with van der Waals surface area (Å²) < 4.78 is 11.0. The van der Waals surface area contributed by atoms with E-state index in [-0.39, 0.29) is 24.0 Å². The molecule has 3 heterocycles. The van der Waals surface area contributed by atoms with E-state index in [1.807, 2.05) is 12.1 Å². The second-order valence-corrected chi connectivity index (χ2v) is 6.44. The summed E-state index contributed by atoms with van der Waals surface area (Å²) in [6, 6.07) is 3.75. The molecule has 4 atom stereocenters. The molecule has 7 heteroatoms. The molecule has 7 nitrogen and oxygen atoms in total. The van der Waals surface area contributed by atoms with Crippen molar-refractivity contribution >= 4 is 5.91 Å². The molecule has 2 aliphatic rings. The van der Waals surface area contributed by atoms with Crippen LogP contribution in [0.5, 0.6) is 0 Å². The molecule has 2 aromatic rings. The standard InChI is InChI=1S/C18H20N4O3/c1-24-10-14-15(13-4-7-25-16(13)14)22-18(23)12-8-20-17(21-9-12)11-2-5-19-6-3-11/h2-3,5-6,8-9,13-16H,4,7,10H2,1H3,(H,22,23)/t13-,14+,15+,16-/m0/s1. The fraction of sp³-hybridized carbons (Fsp3) is 0.444. The van der Waals surface area contributed by atoms with Crippen molar-refractivity contribution in [2.75, 3.05) is 20.3 Å². The molecule has 2 fully saturated rings. The van der Waals surface area contributed by atoms with Gasteiger partial charge in [-0.2, -0.15) is 0 Å². The average molecular weight is 340 g/mol. The van der Waals surface area contributed by atoms with Gasteiger partial charge in [-0.1, -0.05) is 0 Å². The molecule has 0 aromatic carbocycles. The van der Waals surface area contributed by atoms with Gasteiger partial charge in [-0.05, 0) is 18.6 Å². The second kappa shape index (κ2) is 6.85. The largest absolute Gasteiger partial charge is 0.384 e. The summed E-state index contributed by atoms with van der Waals surface area (Å²) >= 11 is 0. The topological polar surface area (TPSA) is 86.2 Å². The zero-order valence-corrected chi connectivity index (χ0v) is 14.0. The number of hydrogen-bond acceptors (Lipinski definition) is 6. The third-order valence-corrected chi connectivity index (χ3v) is 5.04. The number of hydrogen-bond donors (Lipinski definition) is 1. The van der Waals surface area contributed by atoms with Gasteiger partial charge in [-0.3, -0.25) is 9.78 Å². The minimum absolute atomic E-state index is 0.0832. The Morgan fingerprint density at radius 2 is 2.08 bits per heavy atom. The van der Waals surface area contributed by atoms with Gasteiger partial charge < -0.3 is 14.8 Å². The number of ether oxygens (including phenoxy) is 2. The molecule has 25 heavy (non-hydrogen) atoms. The first kappa shape index (κ1) is 16.1. The van der Waals surface area contributed by atoms with Crippen molar-refractivity contribution in [3.05, 3.63) is 42.5 Å². The third kappa shape index (κ3) is 3.01. The number of aromatic nitrogens is 3. The molecule has 1 aliphatic carbocycles. The zero-order valence-electron chi connectivity index (χ0n) is 14.0. The van der Waals surface area contributed by atoms with E-state index in [4.69, 9.17) is 9.47 Å². The van der Waals surface area contributed by atoms with E-state index in [1.54, 1.807) is 31.9 Å². The molecule has 1 amide bonds. The molecule has 1 aliphatic heterocycles. The highest BCUT2D eigenvalue weighted by Crippen LogP contribution is 2.43. The maximum Gasteiger partial charge on any atom is 0.254 e. The van der Waals surface area contributed by atoms with Crippen molar-refractivity contribution in [2.24, 2.45) is 11.8 Å². The normalized spacial score (nSPS) is 27.4. The summed E-state index contributed by atoms with van der Waals surface area (Å²) in [4.78, 5) is 25.1. The molecule has 2 aromatic heterocycles. The van der Waals surface area contributed by atoms with Crippen LogP contribution in [0.2, 0.25) is 0 Å². The van der Waals surface area contributed by atoms with E-state index >= 15 is 0 Å². The van der Waals surface area contributed by atoms with Crippen LogP contribution in [0.4, 0.5) is 0 Å². The van der Waals surface area contributed by atoms with Crippen LogP contribution in [0.15, 0.2) is 36.9 Å². The summed E-state index contributed by atoms with van der Waals surface area (Å²) in [6.07, 6.45) is 7.68. The van der Waals surface area contributed by atoms with Gasteiger partial charge in [0.25, 0.3) is 5.91 Å². The Balaban J connectivity index is 1.44. The first-order valence-corrected chi connectivity index (χ1v) is 8.42. The monoisotopic (exact) mass is 340 g/mol. The third-order valence-electron chi connectivity index (χ3n) is 5.04. The summed E-state index contributed by atoms with van der Waals surface area (Å²) in [5.74, 6) is 1.00. The lowest BCUT2D eigenvalue weighted by atomic mass is 9.67. The van der Waals surface area contributed by atoms with Crippen molar-refractivity contribution in [3.63, 3.8) is 0 Å². The molecule has 0 radical (unpaired) electrons. The molecular weight excluding hydrogens is 320 g/mol. The van der Waals surface area contributed by atoms with Crippen LogP contribution < -0.4 is 5.32 Å². The van der Waals surface area contributed by atoms with E-state index in [9.17, 15) is 4.79 Å². The Kier molecular flexibility index (Phi) is 4.42. The van der Waals surface area contributed by atoms with E-state index in [0.29, 0.717) is 23.9 Å². The summed E-state index contributed by atoms with van der Waals surface area (Å²) in [7, 11) is 1.67. The SMILES string of the molecule is COC[C@@H]1[C@H](NC(=O)c2cnc(-c3ccncc3)nc2)[C@@H]2CCO[C@H]12. The minimum Gasteiger partial charge on any atom is -0.384 e. The number of carbonyl (C=O) groups excluding carboxylic acids is 1. The van der Waals surface area contributed by atoms with Crippen LogP contribution in [-0.4, -0.2) is 53.3 Å². The van der Waals surface area contributed by atoms with E-state index in [2.05, 4.69) is 20.3 Å². The van der Waals surface area contributed by atoms with Gasteiger partial charge in [0.15, 0.2) is 5.82 Å². The molecule has 130 valence electrons. The van der Waals surface area contributed by atoms with Gasteiger partial charge in [0.05, 0.1) is 18.3 Å². The van der Waals surface area contributed by atoms with Crippen LogP contribution >= 0.6 is 0 Å². The van der Waals surface area contributed by atoms with Gasteiger partial charge in [0, 0.05) is 61.9 Å².